The molecule has 2 N–H and O–H groups in total. The normalized spacial score (nSPS) is 18.9. The van der Waals surface area contributed by atoms with Gasteiger partial charge in [-0.2, -0.15) is 0 Å². The van der Waals surface area contributed by atoms with Crippen LogP contribution < -0.4 is 15.4 Å². The molecule has 1 atom stereocenters. The Balaban J connectivity index is 2.08. The standard InChI is InChI=1S/C14H19BrN2O2/c1-2-19-13-6-5-11(15)8-12(13)17-14(18)10-4-3-7-16-9-10/h5-6,8,10,16H,2-4,7,9H2,1H3,(H,17,18). The predicted molar refractivity (Wildman–Crippen MR) is 79.5 cm³/mol. The van der Waals surface area contributed by atoms with Crippen LogP contribution in [-0.4, -0.2) is 25.6 Å². The number of hydrogen-bond acceptors (Lipinski definition) is 3. The minimum atomic E-state index is 0.0437. The van der Waals surface area contributed by atoms with E-state index in [4.69, 9.17) is 4.74 Å². The first-order valence-electron chi connectivity index (χ1n) is 6.64. The maximum absolute atomic E-state index is 12.2. The average Bonchev–Trinajstić information content (AvgIpc) is 2.43. The van der Waals surface area contributed by atoms with Crippen LogP contribution in [0.2, 0.25) is 0 Å². The number of hydrogen-bond donors (Lipinski definition) is 2. The van der Waals surface area contributed by atoms with Gasteiger partial charge in [0.25, 0.3) is 0 Å². The number of anilines is 1. The lowest BCUT2D eigenvalue weighted by molar-refractivity contribution is -0.120. The van der Waals surface area contributed by atoms with Crippen molar-refractivity contribution in [3.63, 3.8) is 0 Å². The zero-order chi connectivity index (χ0) is 13.7. The van der Waals surface area contributed by atoms with Crippen molar-refractivity contribution >= 4 is 27.5 Å². The minimum absolute atomic E-state index is 0.0437. The molecule has 1 aliphatic heterocycles. The summed E-state index contributed by atoms with van der Waals surface area (Å²) in [6.07, 6.45) is 1.99. The van der Waals surface area contributed by atoms with E-state index < -0.39 is 0 Å². The van der Waals surface area contributed by atoms with E-state index in [2.05, 4.69) is 26.6 Å². The van der Waals surface area contributed by atoms with Gasteiger partial charge in [-0.1, -0.05) is 15.9 Å². The molecule has 1 amide bonds. The molecule has 0 radical (unpaired) electrons. The average molecular weight is 327 g/mol. The van der Waals surface area contributed by atoms with E-state index in [1.165, 1.54) is 0 Å². The second kappa shape index (κ2) is 6.91. The van der Waals surface area contributed by atoms with Crippen LogP contribution in [0.25, 0.3) is 0 Å². The van der Waals surface area contributed by atoms with Gasteiger partial charge in [0.2, 0.25) is 5.91 Å². The lowest BCUT2D eigenvalue weighted by Crippen LogP contribution is -2.37. The quantitative estimate of drug-likeness (QED) is 0.894. The minimum Gasteiger partial charge on any atom is -0.492 e. The molecule has 2 rings (SSSR count). The molecule has 5 heteroatoms. The molecule has 1 saturated heterocycles. The summed E-state index contributed by atoms with van der Waals surface area (Å²) in [7, 11) is 0. The number of piperidine rings is 1. The first-order chi connectivity index (χ1) is 9.20. The zero-order valence-electron chi connectivity index (χ0n) is 11.0. The van der Waals surface area contributed by atoms with Crippen molar-refractivity contribution in [1.29, 1.82) is 0 Å². The number of nitrogens with one attached hydrogen (secondary N) is 2. The molecule has 1 aromatic rings. The fourth-order valence-corrected chi connectivity index (χ4v) is 2.55. The third kappa shape index (κ3) is 3.94. The Morgan fingerprint density at radius 1 is 1.58 bits per heavy atom. The molecule has 0 aromatic heterocycles. The second-order valence-electron chi connectivity index (χ2n) is 4.61. The van der Waals surface area contributed by atoms with Crippen LogP contribution in [0.5, 0.6) is 5.75 Å². The van der Waals surface area contributed by atoms with Gasteiger partial charge >= 0.3 is 0 Å². The zero-order valence-corrected chi connectivity index (χ0v) is 12.6. The Hall–Kier alpha value is -1.07. The van der Waals surface area contributed by atoms with Crippen LogP contribution in [0.1, 0.15) is 19.8 Å². The number of carbonyl (C=O) groups is 1. The predicted octanol–water partition coefficient (Wildman–Crippen LogP) is 2.79. The van der Waals surface area contributed by atoms with E-state index in [0.717, 1.165) is 36.1 Å². The fourth-order valence-electron chi connectivity index (χ4n) is 2.19. The van der Waals surface area contributed by atoms with E-state index in [-0.39, 0.29) is 11.8 Å². The lowest BCUT2D eigenvalue weighted by atomic mass is 9.99. The molecule has 0 spiro atoms. The molecule has 0 aliphatic carbocycles. The molecule has 1 aromatic carbocycles. The van der Waals surface area contributed by atoms with Crippen LogP contribution >= 0.6 is 15.9 Å². The molecule has 1 fully saturated rings. The van der Waals surface area contributed by atoms with Crippen LogP contribution in [0, 0.1) is 5.92 Å². The molecule has 1 aliphatic rings. The number of benzene rings is 1. The van der Waals surface area contributed by atoms with Gasteiger partial charge < -0.3 is 15.4 Å². The van der Waals surface area contributed by atoms with Crippen molar-refractivity contribution in [3.8, 4) is 5.75 Å². The van der Waals surface area contributed by atoms with Crippen molar-refractivity contribution in [2.24, 2.45) is 5.92 Å². The Morgan fingerprint density at radius 3 is 3.11 bits per heavy atom. The smallest absolute Gasteiger partial charge is 0.228 e. The highest BCUT2D eigenvalue weighted by molar-refractivity contribution is 9.10. The first kappa shape index (κ1) is 14.3. The summed E-state index contributed by atoms with van der Waals surface area (Å²) in [6, 6.07) is 5.64. The van der Waals surface area contributed by atoms with E-state index in [1.807, 2.05) is 25.1 Å². The Labute approximate surface area is 122 Å². The summed E-state index contributed by atoms with van der Waals surface area (Å²) < 4.78 is 6.45. The van der Waals surface area contributed by atoms with Crippen LogP contribution in [-0.2, 0) is 4.79 Å². The van der Waals surface area contributed by atoms with E-state index in [0.29, 0.717) is 12.4 Å². The summed E-state index contributed by atoms with van der Waals surface area (Å²) in [4.78, 5) is 12.2. The number of halogens is 1. The number of amides is 1. The lowest BCUT2D eigenvalue weighted by Gasteiger charge is -2.22. The molecular weight excluding hydrogens is 308 g/mol. The monoisotopic (exact) mass is 326 g/mol. The molecule has 1 heterocycles. The maximum atomic E-state index is 12.2. The third-order valence-corrected chi connectivity index (χ3v) is 3.66. The molecular formula is C14H19BrN2O2. The van der Waals surface area contributed by atoms with E-state index in [1.54, 1.807) is 0 Å². The van der Waals surface area contributed by atoms with Gasteiger partial charge in [0.1, 0.15) is 5.75 Å². The summed E-state index contributed by atoms with van der Waals surface area (Å²) in [6.45, 7) is 4.27. The Morgan fingerprint density at radius 2 is 2.42 bits per heavy atom. The third-order valence-electron chi connectivity index (χ3n) is 3.17. The fraction of sp³-hybridized carbons (Fsp3) is 0.500. The van der Waals surface area contributed by atoms with E-state index in [9.17, 15) is 4.79 Å². The van der Waals surface area contributed by atoms with Gasteiger partial charge in [0, 0.05) is 11.0 Å². The van der Waals surface area contributed by atoms with Crippen molar-refractivity contribution in [3.05, 3.63) is 22.7 Å². The highest BCUT2D eigenvalue weighted by Crippen LogP contribution is 2.29. The summed E-state index contributed by atoms with van der Waals surface area (Å²) in [5, 5.41) is 6.22. The summed E-state index contributed by atoms with van der Waals surface area (Å²) >= 11 is 3.41. The van der Waals surface area contributed by atoms with Crippen molar-refractivity contribution in [2.75, 3.05) is 25.0 Å². The number of rotatable bonds is 4. The SMILES string of the molecule is CCOc1ccc(Br)cc1NC(=O)C1CCCNC1. The highest BCUT2D eigenvalue weighted by atomic mass is 79.9. The number of ether oxygens (including phenoxy) is 1. The van der Waals surface area contributed by atoms with Gasteiger partial charge in [0.15, 0.2) is 0 Å². The topological polar surface area (TPSA) is 50.4 Å². The molecule has 1 unspecified atom stereocenters. The molecule has 104 valence electrons. The maximum Gasteiger partial charge on any atom is 0.228 e. The van der Waals surface area contributed by atoms with Gasteiger partial charge in [-0.3, -0.25) is 4.79 Å². The number of carbonyl (C=O) groups excluding carboxylic acids is 1. The molecule has 0 saturated carbocycles. The van der Waals surface area contributed by atoms with Crippen molar-refractivity contribution in [1.82, 2.24) is 5.32 Å². The van der Waals surface area contributed by atoms with Crippen LogP contribution in [0.4, 0.5) is 5.69 Å². The largest absolute Gasteiger partial charge is 0.492 e. The summed E-state index contributed by atoms with van der Waals surface area (Å²) in [5.74, 6) is 0.816. The van der Waals surface area contributed by atoms with Gasteiger partial charge in [-0.25, -0.2) is 0 Å². The molecule has 19 heavy (non-hydrogen) atoms. The van der Waals surface area contributed by atoms with E-state index >= 15 is 0 Å². The van der Waals surface area contributed by atoms with Gasteiger partial charge in [-0.15, -0.1) is 0 Å². The van der Waals surface area contributed by atoms with Crippen LogP contribution in [0.3, 0.4) is 0 Å². The Kier molecular flexibility index (Phi) is 5.22. The van der Waals surface area contributed by atoms with Gasteiger partial charge in [0.05, 0.1) is 18.2 Å². The molecule has 4 nitrogen and oxygen atoms in total. The second-order valence-corrected chi connectivity index (χ2v) is 5.52. The van der Waals surface area contributed by atoms with Crippen LogP contribution in [0.15, 0.2) is 22.7 Å². The first-order valence-corrected chi connectivity index (χ1v) is 7.44. The van der Waals surface area contributed by atoms with Crippen molar-refractivity contribution < 1.29 is 9.53 Å². The summed E-state index contributed by atoms with van der Waals surface area (Å²) in [5.41, 5.74) is 0.729. The van der Waals surface area contributed by atoms with Crippen molar-refractivity contribution in [2.45, 2.75) is 19.8 Å². The van der Waals surface area contributed by atoms with Gasteiger partial charge in [-0.05, 0) is 44.5 Å². The Bertz CT molecular complexity index is 445. The highest BCUT2D eigenvalue weighted by Gasteiger charge is 2.21. The molecule has 0 bridgehead atoms.